The SMILES string of the molecule is CC1CCC(C2NCC(NC(=O)C3CC3)C(N3CCC(CN)C3)N2)CC1Cl. The van der Waals surface area contributed by atoms with Crippen LogP contribution >= 0.6 is 11.6 Å². The van der Waals surface area contributed by atoms with Crippen molar-refractivity contribution < 1.29 is 4.79 Å². The molecule has 154 valence electrons. The zero-order chi connectivity index (χ0) is 19.0. The average Bonchev–Trinajstić information content (AvgIpc) is 3.42. The Morgan fingerprint density at radius 2 is 2.07 bits per heavy atom. The van der Waals surface area contributed by atoms with Crippen molar-refractivity contribution >= 4 is 17.5 Å². The summed E-state index contributed by atoms with van der Waals surface area (Å²) in [5.74, 6) is 2.21. The minimum Gasteiger partial charge on any atom is -0.349 e. The van der Waals surface area contributed by atoms with Crippen LogP contribution in [0.25, 0.3) is 0 Å². The van der Waals surface area contributed by atoms with Crippen molar-refractivity contribution in [2.24, 2.45) is 29.4 Å². The predicted octanol–water partition coefficient (Wildman–Crippen LogP) is 1.05. The number of hydrogen-bond acceptors (Lipinski definition) is 5. The van der Waals surface area contributed by atoms with E-state index in [4.69, 9.17) is 17.3 Å². The smallest absolute Gasteiger partial charge is 0.223 e. The quantitative estimate of drug-likeness (QED) is 0.521. The molecule has 0 aromatic carbocycles. The molecule has 0 aromatic heterocycles. The molecular weight excluding hydrogens is 362 g/mol. The van der Waals surface area contributed by atoms with E-state index in [9.17, 15) is 4.79 Å². The summed E-state index contributed by atoms with van der Waals surface area (Å²) in [5, 5.41) is 11.1. The van der Waals surface area contributed by atoms with Crippen LogP contribution in [0, 0.1) is 23.7 Å². The van der Waals surface area contributed by atoms with E-state index >= 15 is 0 Å². The second-order valence-corrected chi connectivity index (χ2v) is 9.90. The summed E-state index contributed by atoms with van der Waals surface area (Å²) < 4.78 is 0. The zero-order valence-corrected chi connectivity index (χ0v) is 17.3. The maximum absolute atomic E-state index is 12.4. The molecule has 0 aromatic rings. The average molecular weight is 398 g/mol. The first-order chi connectivity index (χ1) is 13.0. The monoisotopic (exact) mass is 397 g/mol. The Kier molecular flexibility index (Phi) is 6.29. The lowest BCUT2D eigenvalue weighted by atomic mass is 9.80. The van der Waals surface area contributed by atoms with Gasteiger partial charge in [0.2, 0.25) is 5.91 Å². The molecule has 4 fully saturated rings. The molecule has 0 radical (unpaired) electrons. The first-order valence-corrected chi connectivity index (χ1v) is 11.4. The van der Waals surface area contributed by atoms with Gasteiger partial charge in [0.15, 0.2) is 0 Å². The maximum atomic E-state index is 12.4. The molecule has 7 atom stereocenters. The number of carbonyl (C=O) groups excluding carboxylic acids is 1. The van der Waals surface area contributed by atoms with Gasteiger partial charge in [-0.2, -0.15) is 0 Å². The van der Waals surface area contributed by atoms with Crippen molar-refractivity contribution in [2.45, 2.75) is 69.2 Å². The highest BCUT2D eigenvalue weighted by Crippen LogP contribution is 2.35. The van der Waals surface area contributed by atoms with E-state index in [2.05, 4.69) is 27.8 Å². The van der Waals surface area contributed by atoms with Gasteiger partial charge in [0.05, 0.1) is 18.4 Å². The summed E-state index contributed by atoms with van der Waals surface area (Å²) in [6.45, 7) is 5.92. The topological polar surface area (TPSA) is 82.4 Å². The Morgan fingerprint density at radius 1 is 1.26 bits per heavy atom. The summed E-state index contributed by atoms with van der Waals surface area (Å²) in [6.07, 6.45) is 7.17. The number of hydrogen-bond donors (Lipinski definition) is 4. The standard InChI is InChI=1S/C20H36ClN5O/c1-12-2-3-15(8-16(12)21)18-23-10-17(24-20(27)14-4-5-14)19(25-18)26-7-6-13(9-22)11-26/h12-19,23,25H,2-11,22H2,1H3,(H,24,27). The Labute approximate surface area is 168 Å². The summed E-state index contributed by atoms with van der Waals surface area (Å²) >= 11 is 6.58. The fourth-order valence-electron chi connectivity index (χ4n) is 5.07. The molecule has 1 amide bonds. The first kappa shape index (κ1) is 19.9. The van der Waals surface area contributed by atoms with E-state index in [0.29, 0.717) is 17.8 Å². The molecule has 27 heavy (non-hydrogen) atoms. The van der Waals surface area contributed by atoms with E-state index in [-0.39, 0.29) is 35.6 Å². The zero-order valence-electron chi connectivity index (χ0n) is 16.5. The molecule has 2 saturated heterocycles. The lowest BCUT2D eigenvalue weighted by Crippen LogP contribution is -2.71. The number of likely N-dealkylation sites (tertiary alicyclic amines) is 1. The van der Waals surface area contributed by atoms with Gasteiger partial charge in [-0.1, -0.05) is 6.92 Å². The second-order valence-electron chi connectivity index (χ2n) is 9.34. The number of carbonyl (C=O) groups is 1. The summed E-state index contributed by atoms with van der Waals surface area (Å²) in [4.78, 5) is 14.9. The van der Waals surface area contributed by atoms with Gasteiger partial charge in [0, 0.05) is 30.9 Å². The number of nitrogens with one attached hydrogen (secondary N) is 3. The van der Waals surface area contributed by atoms with Crippen molar-refractivity contribution in [1.82, 2.24) is 20.9 Å². The maximum Gasteiger partial charge on any atom is 0.223 e. The van der Waals surface area contributed by atoms with Crippen LogP contribution in [-0.2, 0) is 4.79 Å². The first-order valence-electron chi connectivity index (χ1n) is 10.9. The Bertz CT molecular complexity index is 531. The number of alkyl halides is 1. The van der Waals surface area contributed by atoms with Gasteiger partial charge >= 0.3 is 0 Å². The lowest BCUT2D eigenvalue weighted by molar-refractivity contribution is -0.124. The minimum atomic E-state index is 0.111. The highest BCUT2D eigenvalue weighted by atomic mass is 35.5. The minimum absolute atomic E-state index is 0.111. The van der Waals surface area contributed by atoms with Crippen LogP contribution in [0.2, 0.25) is 0 Å². The molecule has 4 rings (SSSR count). The van der Waals surface area contributed by atoms with Gasteiger partial charge in [-0.3, -0.25) is 20.3 Å². The highest BCUT2D eigenvalue weighted by molar-refractivity contribution is 6.20. The third-order valence-corrected chi connectivity index (χ3v) is 7.83. The number of halogens is 1. The van der Waals surface area contributed by atoms with Crippen molar-refractivity contribution in [2.75, 3.05) is 26.2 Å². The molecule has 2 heterocycles. The van der Waals surface area contributed by atoms with Gasteiger partial charge in [-0.15, -0.1) is 11.6 Å². The van der Waals surface area contributed by atoms with Gasteiger partial charge < -0.3 is 11.1 Å². The number of nitrogens with zero attached hydrogens (tertiary/aromatic N) is 1. The molecule has 5 N–H and O–H groups in total. The third kappa shape index (κ3) is 4.61. The molecular formula is C20H36ClN5O. The van der Waals surface area contributed by atoms with Crippen LogP contribution in [0.1, 0.15) is 45.4 Å². The van der Waals surface area contributed by atoms with Crippen LogP contribution in [0.4, 0.5) is 0 Å². The molecule has 7 heteroatoms. The van der Waals surface area contributed by atoms with Crippen molar-refractivity contribution in [3.8, 4) is 0 Å². The van der Waals surface area contributed by atoms with Crippen molar-refractivity contribution in [1.29, 1.82) is 0 Å². The van der Waals surface area contributed by atoms with E-state index in [0.717, 1.165) is 51.9 Å². The lowest BCUT2D eigenvalue weighted by Gasteiger charge is -2.47. The van der Waals surface area contributed by atoms with Crippen LogP contribution in [-0.4, -0.2) is 60.7 Å². The fourth-order valence-corrected chi connectivity index (χ4v) is 5.43. The van der Waals surface area contributed by atoms with Gasteiger partial charge in [0.1, 0.15) is 0 Å². The van der Waals surface area contributed by atoms with Gasteiger partial charge in [-0.05, 0) is 62.8 Å². The Balaban J connectivity index is 1.42. The number of rotatable bonds is 5. The molecule has 7 unspecified atom stereocenters. The normalized spacial score (nSPS) is 43.6. The fraction of sp³-hybridized carbons (Fsp3) is 0.950. The highest BCUT2D eigenvalue weighted by Gasteiger charge is 2.42. The molecule has 0 bridgehead atoms. The summed E-state index contributed by atoms with van der Waals surface area (Å²) in [7, 11) is 0. The molecule has 4 aliphatic rings. The third-order valence-electron chi connectivity index (χ3n) is 7.22. The predicted molar refractivity (Wildman–Crippen MR) is 108 cm³/mol. The van der Waals surface area contributed by atoms with Crippen LogP contribution in [0.3, 0.4) is 0 Å². The van der Waals surface area contributed by atoms with Crippen molar-refractivity contribution in [3.63, 3.8) is 0 Å². The molecule has 0 spiro atoms. The largest absolute Gasteiger partial charge is 0.349 e. The molecule has 6 nitrogen and oxygen atoms in total. The molecule has 2 aliphatic heterocycles. The van der Waals surface area contributed by atoms with Crippen LogP contribution < -0.4 is 21.7 Å². The number of amides is 1. The Morgan fingerprint density at radius 3 is 2.74 bits per heavy atom. The van der Waals surface area contributed by atoms with Crippen LogP contribution in [0.5, 0.6) is 0 Å². The Hall–Kier alpha value is -0.400. The van der Waals surface area contributed by atoms with Crippen LogP contribution in [0.15, 0.2) is 0 Å². The second kappa shape index (κ2) is 8.54. The van der Waals surface area contributed by atoms with E-state index in [1.165, 1.54) is 12.8 Å². The van der Waals surface area contributed by atoms with Crippen molar-refractivity contribution in [3.05, 3.63) is 0 Å². The van der Waals surface area contributed by atoms with Gasteiger partial charge in [0.25, 0.3) is 0 Å². The molecule has 2 saturated carbocycles. The summed E-state index contributed by atoms with van der Waals surface area (Å²) in [5.41, 5.74) is 5.92. The van der Waals surface area contributed by atoms with E-state index < -0.39 is 0 Å². The number of nitrogens with two attached hydrogens (primary N) is 1. The van der Waals surface area contributed by atoms with E-state index in [1.807, 2.05) is 0 Å². The summed E-state index contributed by atoms with van der Waals surface area (Å²) in [6, 6.07) is 0.111. The van der Waals surface area contributed by atoms with E-state index in [1.54, 1.807) is 0 Å². The molecule has 2 aliphatic carbocycles. The van der Waals surface area contributed by atoms with Gasteiger partial charge in [-0.25, -0.2) is 0 Å².